The molecule has 12 nitrogen and oxygen atoms in total. The van der Waals surface area contributed by atoms with Crippen molar-refractivity contribution >= 4 is 35.8 Å². The van der Waals surface area contributed by atoms with Crippen LogP contribution in [0.15, 0.2) is 0 Å². The van der Waals surface area contributed by atoms with Gasteiger partial charge in [-0.05, 0) is 6.42 Å². The number of rotatable bonds is 10. The van der Waals surface area contributed by atoms with Crippen molar-refractivity contribution in [1.82, 2.24) is 0 Å². The second-order valence-corrected chi connectivity index (χ2v) is 4.22. The molecule has 0 fully saturated rings. The van der Waals surface area contributed by atoms with Crippen LogP contribution in [0.1, 0.15) is 44.9 Å². The van der Waals surface area contributed by atoms with Crippen LogP contribution >= 0.6 is 0 Å². The minimum atomic E-state index is -1.08. The molecule has 0 aromatic carbocycles. The lowest BCUT2D eigenvalue weighted by molar-refractivity contribution is -0.143. The van der Waals surface area contributed by atoms with Crippen LogP contribution in [-0.2, 0) is 28.8 Å². The van der Waals surface area contributed by atoms with Gasteiger partial charge < -0.3 is 30.6 Å². The molecular formula is C13H20O12. The zero-order valence-electron chi connectivity index (χ0n) is 13.1. The molecule has 0 aromatic rings. The predicted molar refractivity (Wildman–Crippen MR) is 78.1 cm³/mol. The van der Waals surface area contributed by atoms with Crippen molar-refractivity contribution < 1.29 is 59.4 Å². The van der Waals surface area contributed by atoms with Crippen molar-refractivity contribution in [1.29, 1.82) is 0 Å². The van der Waals surface area contributed by atoms with Crippen LogP contribution in [0.3, 0.4) is 0 Å². The van der Waals surface area contributed by atoms with Crippen molar-refractivity contribution in [3.05, 3.63) is 0 Å². The van der Waals surface area contributed by atoms with E-state index < -0.39 is 35.8 Å². The van der Waals surface area contributed by atoms with Crippen LogP contribution in [0.4, 0.5) is 0 Å². The van der Waals surface area contributed by atoms with Gasteiger partial charge in [-0.25, -0.2) is 0 Å². The molecule has 0 heterocycles. The number of carbonyl (C=O) groups is 6. The van der Waals surface area contributed by atoms with Crippen molar-refractivity contribution in [3.63, 3.8) is 0 Å². The molecule has 12 heteroatoms. The van der Waals surface area contributed by atoms with Crippen LogP contribution in [0, 0.1) is 0 Å². The maximum atomic E-state index is 9.79. The van der Waals surface area contributed by atoms with E-state index in [0.29, 0.717) is 0 Å². The molecule has 0 aliphatic rings. The molecule has 0 rings (SSSR count). The molecule has 0 saturated carbocycles. The SMILES string of the molecule is O=C(O)CCC(=O)O.O=C(O)CCC(=O)O.O=C(O)CCCC(=O)O. The van der Waals surface area contributed by atoms with Gasteiger partial charge in [-0.15, -0.1) is 0 Å². The third kappa shape index (κ3) is 44.9. The van der Waals surface area contributed by atoms with Crippen LogP contribution in [0.25, 0.3) is 0 Å². The molecule has 0 unspecified atom stereocenters. The van der Waals surface area contributed by atoms with Crippen LogP contribution in [-0.4, -0.2) is 66.5 Å². The first-order valence-electron chi connectivity index (χ1n) is 6.69. The summed E-state index contributed by atoms with van der Waals surface area (Å²) in [4.78, 5) is 58.1. The molecule has 0 spiro atoms. The molecule has 0 atom stereocenters. The minimum absolute atomic E-state index is 0.0632. The summed E-state index contributed by atoms with van der Waals surface area (Å²) in [5.41, 5.74) is 0. The first kappa shape index (κ1) is 26.7. The summed E-state index contributed by atoms with van der Waals surface area (Å²) in [6.07, 6.45) is -1.10. The Kier molecular flexibility index (Phi) is 18.3. The highest BCUT2D eigenvalue weighted by atomic mass is 16.4. The lowest BCUT2D eigenvalue weighted by Gasteiger charge is -1.89. The number of carboxylic acid groups (broad SMARTS) is 6. The number of hydrogen-bond donors (Lipinski definition) is 6. The molecule has 0 saturated heterocycles. The highest BCUT2D eigenvalue weighted by Gasteiger charge is 2.01. The summed E-state index contributed by atoms with van der Waals surface area (Å²) >= 11 is 0. The Bertz CT molecular complexity index is 398. The standard InChI is InChI=1S/C5H8O4.2C4H6O4/c6-4(7)2-1-3-5(8)9;2*5-3(6)1-2-4(7)8/h1-3H2,(H,6,7)(H,8,9);2*1-2H2,(H,5,6)(H,7,8). The molecular weight excluding hydrogens is 348 g/mol. The van der Waals surface area contributed by atoms with Crippen LogP contribution in [0.5, 0.6) is 0 Å². The van der Waals surface area contributed by atoms with Crippen LogP contribution in [0.2, 0.25) is 0 Å². The second kappa shape index (κ2) is 17.2. The summed E-state index contributed by atoms with van der Waals surface area (Å²) in [6.45, 7) is 0. The fourth-order valence-corrected chi connectivity index (χ4v) is 0.819. The zero-order valence-corrected chi connectivity index (χ0v) is 13.1. The molecule has 0 aromatic heterocycles. The molecule has 25 heavy (non-hydrogen) atoms. The van der Waals surface area contributed by atoms with Crippen molar-refractivity contribution in [2.24, 2.45) is 0 Å². The van der Waals surface area contributed by atoms with Gasteiger partial charge in [0.15, 0.2) is 0 Å². The highest BCUT2D eigenvalue weighted by Crippen LogP contribution is 1.93. The minimum Gasteiger partial charge on any atom is -0.481 e. The average Bonchev–Trinajstić information content (AvgIpc) is 2.43. The fourth-order valence-electron chi connectivity index (χ4n) is 0.819. The molecule has 0 radical (unpaired) electrons. The van der Waals surface area contributed by atoms with E-state index in [9.17, 15) is 28.8 Å². The fraction of sp³-hybridized carbons (Fsp3) is 0.538. The molecule has 0 amide bonds. The Labute approximate surface area is 141 Å². The quantitative estimate of drug-likeness (QED) is 0.304. The Morgan fingerprint density at radius 3 is 0.640 bits per heavy atom. The van der Waals surface area contributed by atoms with Crippen molar-refractivity contribution in [3.8, 4) is 0 Å². The van der Waals surface area contributed by atoms with Gasteiger partial charge in [-0.2, -0.15) is 0 Å². The molecule has 144 valence electrons. The summed E-state index contributed by atoms with van der Waals surface area (Å²) in [6, 6.07) is 0. The van der Waals surface area contributed by atoms with Crippen molar-refractivity contribution in [2.75, 3.05) is 0 Å². The molecule has 0 aliphatic carbocycles. The Balaban J connectivity index is -0.000000291. The topological polar surface area (TPSA) is 224 Å². The van der Waals surface area contributed by atoms with E-state index in [1.54, 1.807) is 0 Å². The monoisotopic (exact) mass is 368 g/mol. The first-order valence-corrected chi connectivity index (χ1v) is 6.69. The summed E-state index contributed by atoms with van der Waals surface area (Å²) in [7, 11) is 0. The van der Waals surface area contributed by atoms with Gasteiger partial charge in [-0.3, -0.25) is 28.8 Å². The van der Waals surface area contributed by atoms with E-state index in [1.165, 1.54) is 0 Å². The average molecular weight is 368 g/mol. The lowest BCUT2D eigenvalue weighted by atomic mass is 10.2. The lowest BCUT2D eigenvalue weighted by Crippen LogP contribution is -2.00. The number of hydrogen-bond acceptors (Lipinski definition) is 6. The van der Waals surface area contributed by atoms with Gasteiger partial charge in [0.05, 0.1) is 25.7 Å². The molecule has 0 aliphatic heterocycles. The van der Waals surface area contributed by atoms with Gasteiger partial charge in [0.25, 0.3) is 0 Å². The van der Waals surface area contributed by atoms with E-state index in [-0.39, 0.29) is 44.9 Å². The largest absolute Gasteiger partial charge is 0.481 e. The summed E-state index contributed by atoms with van der Waals surface area (Å²) in [5, 5.41) is 47.7. The second-order valence-electron chi connectivity index (χ2n) is 4.22. The van der Waals surface area contributed by atoms with Crippen molar-refractivity contribution in [2.45, 2.75) is 44.9 Å². The van der Waals surface area contributed by atoms with E-state index in [1.807, 2.05) is 0 Å². The van der Waals surface area contributed by atoms with E-state index in [0.717, 1.165) is 0 Å². The van der Waals surface area contributed by atoms with E-state index in [2.05, 4.69) is 0 Å². The Morgan fingerprint density at radius 2 is 0.520 bits per heavy atom. The van der Waals surface area contributed by atoms with Gasteiger partial charge in [0.1, 0.15) is 0 Å². The Morgan fingerprint density at radius 1 is 0.360 bits per heavy atom. The van der Waals surface area contributed by atoms with Gasteiger partial charge in [0.2, 0.25) is 0 Å². The summed E-state index contributed by atoms with van der Waals surface area (Å²) < 4.78 is 0. The number of aliphatic carboxylic acids is 6. The maximum Gasteiger partial charge on any atom is 0.303 e. The third-order valence-electron chi connectivity index (χ3n) is 1.89. The molecule has 6 N–H and O–H groups in total. The molecule has 0 bridgehead atoms. The maximum absolute atomic E-state index is 9.79. The van der Waals surface area contributed by atoms with Gasteiger partial charge in [-0.1, -0.05) is 0 Å². The van der Waals surface area contributed by atoms with Crippen LogP contribution < -0.4 is 0 Å². The predicted octanol–water partition coefficient (Wildman–Crippen LogP) is 0.198. The van der Waals surface area contributed by atoms with Gasteiger partial charge >= 0.3 is 35.8 Å². The normalized spacial score (nSPS) is 8.64. The summed E-state index contributed by atoms with van der Waals surface area (Å²) in [5.74, 6) is -6.20. The first-order chi connectivity index (χ1) is 11.4. The third-order valence-corrected chi connectivity index (χ3v) is 1.89. The smallest absolute Gasteiger partial charge is 0.303 e. The van der Waals surface area contributed by atoms with Gasteiger partial charge in [0, 0.05) is 12.8 Å². The van der Waals surface area contributed by atoms with E-state index in [4.69, 9.17) is 30.6 Å². The number of carboxylic acids is 6. The zero-order chi connectivity index (χ0) is 20.4. The highest BCUT2D eigenvalue weighted by molar-refractivity contribution is 5.75. The Hall–Kier alpha value is -3.18. The van der Waals surface area contributed by atoms with E-state index >= 15 is 0 Å².